The van der Waals surface area contributed by atoms with Crippen molar-refractivity contribution in [2.75, 3.05) is 11.1 Å². The molecule has 9 heteroatoms. The zero-order valence-electron chi connectivity index (χ0n) is 14.8. The minimum absolute atomic E-state index is 0.166. The van der Waals surface area contributed by atoms with Crippen LogP contribution >= 0.6 is 46.3 Å². The molecule has 3 aromatic rings. The lowest BCUT2D eigenvalue weighted by Gasteiger charge is -2.08. The second-order valence-electron chi connectivity index (χ2n) is 5.67. The number of rotatable bonds is 7. The Bertz CT molecular complexity index is 955. The third-order valence-corrected chi connectivity index (χ3v) is 6.43. The maximum absolute atomic E-state index is 12.3. The highest BCUT2D eigenvalue weighted by atomic mass is 35.5. The van der Waals surface area contributed by atoms with Gasteiger partial charge in [-0.3, -0.25) is 4.79 Å². The van der Waals surface area contributed by atoms with Gasteiger partial charge >= 0.3 is 0 Å². The van der Waals surface area contributed by atoms with Gasteiger partial charge < -0.3 is 9.88 Å². The third-order valence-electron chi connectivity index (χ3n) is 3.83. The monoisotopic (exact) mass is 440 g/mol. The number of anilines is 1. The summed E-state index contributed by atoms with van der Waals surface area (Å²) in [5.41, 5.74) is 1.60. The van der Waals surface area contributed by atoms with Crippen LogP contribution in [0.4, 0.5) is 5.69 Å². The molecule has 0 bridgehead atoms. The SMILES string of the molecule is CCc1cc(-c2nnc(SCC(=O)Nc3ccc(Cl)cc3Cl)n2CC)cs1. The van der Waals surface area contributed by atoms with E-state index in [1.807, 2.05) is 11.5 Å². The number of aryl methyl sites for hydroxylation is 1. The maximum Gasteiger partial charge on any atom is 0.234 e. The summed E-state index contributed by atoms with van der Waals surface area (Å²) in [4.78, 5) is 13.6. The number of amides is 1. The van der Waals surface area contributed by atoms with Crippen molar-refractivity contribution in [2.24, 2.45) is 0 Å². The van der Waals surface area contributed by atoms with Gasteiger partial charge in [0.05, 0.1) is 16.5 Å². The molecule has 0 spiro atoms. The van der Waals surface area contributed by atoms with E-state index in [4.69, 9.17) is 23.2 Å². The lowest BCUT2D eigenvalue weighted by Crippen LogP contribution is -2.15. The summed E-state index contributed by atoms with van der Waals surface area (Å²) in [6.45, 7) is 4.90. The molecule has 3 rings (SSSR count). The first-order valence-corrected chi connectivity index (χ1v) is 11.0. The fourth-order valence-corrected chi connectivity index (χ4v) is 4.56. The van der Waals surface area contributed by atoms with Crippen molar-refractivity contribution in [3.63, 3.8) is 0 Å². The lowest BCUT2D eigenvalue weighted by atomic mass is 10.2. The Labute approximate surface area is 176 Å². The van der Waals surface area contributed by atoms with Crippen LogP contribution in [0.2, 0.25) is 10.0 Å². The molecule has 0 saturated carbocycles. The summed E-state index contributed by atoms with van der Waals surface area (Å²) < 4.78 is 2.02. The Kier molecular flexibility index (Phi) is 6.81. The first-order chi connectivity index (χ1) is 13.0. The van der Waals surface area contributed by atoms with Crippen molar-refractivity contribution in [2.45, 2.75) is 32.0 Å². The topological polar surface area (TPSA) is 59.8 Å². The van der Waals surface area contributed by atoms with Crippen molar-refractivity contribution >= 4 is 57.9 Å². The predicted octanol–water partition coefficient (Wildman–Crippen LogP) is 5.63. The lowest BCUT2D eigenvalue weighted by molar-refractivity contribution is -0.113. The van der Waals surface area contributed by atoms with Gasteiger partial charge in [-0.25, -0.2) is 0 Å². The maximum atomic E-state index is 12.3. The van der Waals surface area contributed by atoms with Crippen LogP contribution in [-0.4, -0.2) is 26.4 Å². The number of aromatic nitrogens is 3. The Morgan fingerprint density at radius 1 is 1.26 bits per heavy atom. The molecule has 0 saturated heterocycles. The van der Waals surface area contributed by atoms with Gasteiger partial charge in [0.1, 0.15) is 0 Å². The fraction of sp³-hybridized carbons (Fsp3) is 0.278. The summed E-state index contributed by atoms with van der Waals surface area (Å²) in [5.74, 6) is 0.873. The summed E-state index contributed by atoms with van der Waals surface area (Å²) in [6.07, 6.45) is 1.000. The largest absolute Gasteiger partial charge is 0.324 e. The van der Waals surface area contributed by atoms with Crippen molar-refractivity contribution in [3.05, 3.63) is 44.6 Å². The van der Waals surface area contributed by atoms with E-state index in [0.717, 1.165) is 24.4 Å². The number of thioether (sulfide) groups is 1. The molecule has 142 valence electrons. The van der Waals surface area contributed by atoms with Crippen LogP contribution in [0.3, 0.4) is 0 Å². The molecule has 0 aliphatic rings. The number of halogens is 2. The number of carbonyl (C=O) groups is 1. The number of benzene rings is 1. The summed E-state index contributed by atoms with van der Waals surface area (Å²) in [7, 11) is 0. The van der Waals surface area contributed by atoms with E-state index in [2.05, 4.69) is 33.9 Å². The number of nitrogens with one attached hydrogen (secondary N) is 1. The molecular weight excluding hydrogens is 423 g/mol. The summed E-state index contributed by atoms with van der Waals surface area (Å²) in [6, 6.07) is 7.10. The highest BCUT2D eigenvalue weighted by Gasteiger charge is 2.16. The minimum atomic E-state index is -0.166. The van der Waals surface area contributed by atoms with E-state index in [-0.39, 0.29) is 11.7 Å². The first kappa shape index (κ1) is 20.2. The fourth-order valence-electron chi connectivity index (χ4n) is 2.48. The zero-order valence-corrected chi connectivity index (χ0v) is 18.0. The average molecular weight is 441 g/mol. The van der Waals surface area contributed by atoms with Gasteiger partial charge in [0, 0.05) is 27.4 Å². The Morgan fingerprint density at radius 2 is 2.07 bits per heavy atom. The van der Waals surface area contributed by atoms with Crippen LogP contribution in [0, 0.1) is 0 Å². The van der Waals surface area contributed by atoms with E-state index < -0.39 is 0 Å². The molecule has 1 N–H and O–H groups in total. The van der Waals surface area contributed by atoms with E-state index in [0.29, 0.717) is 20.9 Å². The number of carbonyl (C=O) groups excluding carboxylic acids is 1. The third kappa shape index (κ3) is 4.85. The van der Waals surface area contributed by atoms with Gasteiger partial charge in [0.2, 0.25) is 5.91 Å². The van der Waals surface area contributed by atoms with Crippen molar-refractivity contribution in [1.82, 2.24) is 14.8 Å². The number of hydrogen-bond acceptors (Lipinski definition) is 5. The molecule has 27 heavy (non-hydrogen) atoms. The van der Waals surface area contributed by atoms with Gasteiger partial charge in [0.25, 0.3) is 0 Å². The highest BCUT2D eigenvalue weighted by molar-refractivity contribution is 7.99. The molecule has 0 fully saturated rings. The molecular formula is C18H18Cl2N4OS2. The van der Waals surface area contributed by atoms with Gasteiger partial charge in [-0.15, -0.1) is 21.5 Å². The molecule has 2 heterocycles. The average Bonchev–Trinajstić information content (AvgIpc) is 3.28. The van der Waals surface area contributed by atoms with E-state index >= 15 is 0 Å². The standard InChI is InChI=1S/C18H18Cl2N4OS2/c1-3-13-7-11(9-26-13)17-22-23-18(24(17)4-2)27-10-16(25)21-15-6-5-12(19)8-14(15)20/h5-9H,3-4,10H2,1-2H3,(H,21,25). The van der Waals surface area contributed by atoms with Gasteiger partial charge in [-0.2, -0.15) is 0 Å². The molecule has 1 amide bonds. The quantitative estimate of drug-likeness (QED) is 0.483. The van der Waals surface area contributed by atoms with Crippen LogP contribution in [0.15, 0.2) is 34.8 Å². The summed E-state index contributed by atoms with van der Waals surface area (Å²) in [5, 5.41) is 15.1. The first-order valence-electron chi connectivity index (χ1n) is 8.40. The van der Waals surface area contributed by atoms with Crippen LogP contribution in [0.5, 0.6) is 0 Å². The van der Waals surface area contributed by atoms with Gasteiger partial charge in [0.15, 0.2) is 11.0 Å². The van der Waals surface area contributed by atoms with Crippen LogP contribution in [-0.2, 0) is 17.8 Å². The second-order valence-corrected chi connectivity index (χ2v) is 8.45. The van der Waals surface area contributed by atoms with E-state index in [1.54, 1.807) is 29.5 Å². The zero-order chi connectivity index (χ0) is 19.4. The number of thiophene rings is 1. The smallest absolute Gasteiger partial charge is 0.234 e. The Morgan fingerprint density at radius 3 is 2.74 bits per heavy atom. The normalized spacial score (nSPS) is 11.0. The van der Waals surface area contributed by atoms with Gasteiger partial charge in [-0.1, -0.05) is 41.9 Å². The highest BCUT2D eigenvalue weighted by Crippen LogP contribution is 2.29. The van der Waals surface area contributed by atoms with Crippen LogP contribution in [0.25, 0.3) is 11.4 Å². The molecule has 0 atom stereocenters. The number of nitrogens with zero attached hydrogens (tertiary/aromatic N) is 3. The molecule has 2 aromatic heterocycles. The minimum Gasteiger partial charge on any atom is -0.324 e. The Balaban J connectivity index is 1.68. The predicted molar refractivity (Wildman–Crippen MR) is 114 cm³/mol. The van der Waals surface area contributed by atoms with Crippen molar-refractivity contribution < 1.29 is 4.79 Å². The molecule has 0 aliphatic carbocycles. The number of hydrogen-bond donors (Lipinski definition) is 1. The molecule has 0 radical (unpaired) electrons. The molecule has 0 aliphatic heterocycles. The molecule has 1 aromatic carbocycles. The summed E-state index contributed by atoms with van der Waals surface area (Å²) >= 11 is 15.0. The van der Waals surface area contributed by atoms with E-state index in [1.165, 1.54) is 16.6 Å². The molecule has 5 nitrogen and oxygen atoms in total. The second kappa shape index (κ2) is 9.10. The van der Waals surface area contributed by atoms with Crippen molar-refractivity contribution in [1.29, 1.82) is 0 Å². The Hall–Kier alpha value is -1.54. The van der Waals surface area contributed by atoms with Crippen LogP contribution < -0.4 is 5.32 Å². The van der Waals surface area contributed by atoms with Crippen LogP contribution in [0.1, 0.15) is 18.7 Å². The van der Waals surface area contributed by atoms with E-state index in [9.17, 15) is 4.79 Å². The molecule has 0 unspecified atom stereocenters. The van der Waals surface area contributed by atoms with Gasteiger partial charge in [-0.05, 0) is 37.6 Å². The van der Waals surface area contributed by atoms with Crippen molar-refractivity contribution in [3.8, 4) is 11.4 Å².